The maximum atomic E-state index is 6.17. The molecule has 2 N–H and O–H groups in total. The highest BCUT2D eigenvalue weighted by molar-refractivity contribution is 4.95. The zero-order valence-corrected chi connectivity index (χ0v) is 12.4. The van der Waals surface area contributed by atoms with Crippen molar-refractivity contribution < 1.29 is 4.74 Å². The van der Waals surface area contributed by atoms with E-state index in [-0.39, 0.29) is 5.60 Å². The molecule has 19 heavy (non-hydrogen) atoms. The summed E-state index contributed by atoms with van der Waals surface area (Å²) in [6.45, 7) is 6.70. The zero-order valence-electron chi connectivity index (χ0n) is 12.4. The smallest absolute Gasteiger partial charge is 0.0697 e. The van der Waals surface area contributed by atoms with Crippen LogP contribution in [0.1, 0.15) is 51.9 Å². The molecule has 0 radical (unpaired) electrons. The lowest BCUT2D eigenvalue weighted by molar-refractivity contribution is -0.107. The summed E-state index contributed by atoms with van der Waals surface area (Å²) in [5.41, 5.74) is 6.20. The van der Waals surface area contributed by atoms with Crippen LogP contribution in [0.2, 0.25) is 0 Å². The quantitative estimate of drug-likeness (QED) is 0.834. The van der Waals surface area contributed by atoms with Gasteiger partial charge in [0.15, 0.2) is 0 Å². The highest BCUT2D eigenvalue weighted by atomic mass is 16.5. The molecular weight excluding hydrogens is 236 g/mol. The molecule has 3 unspecified atom stereocenters. The molecule has 1 saturated carbocycles. The standard InChI is InChI=1S/C16H30N2O/c1-13-4-8-18(12-14(13)11-17)15-5-9-19-16(10-15)6-2-3-7-16/h13-15H,2-12,17H2,1H3. The van der Waals surface area contributed by atoms with E-state index in [1.165, 1.54) is 58.0 Å². The van der Waals surface area contributed by atoms with Crippen molar-refractivity contribution in [3.63, 3.8) is 0 Å². The van der Waals surface area contributed by atoms with Gasteiger partial charge in [0.2, 0.25) is 0 Å². The molecule has 3 atom stereocenters. The zero-order chi connectivity index (χ0) is 13.3. The molecule has 0 aromatic carbocycles. The first-order valence-corrected chi connectivity index (χ1v) is 8.30. The first-order chi connectivity index (χ1) is 9.22. The third-order valence-electron chi connectivity index (χ3n) is 5.95. The second kappa shape index (κ2) is 5.71. The Morgan fingerprint density at radius 2 is 2.05 bits per heavy atom. The number of hydrogen-bond donors (Lipinski definition) is 1. The van der Waals surface area contributed by atoms with Crippen LogP contribution < -0.4 is 5.73 Å². The minimum atomic E-state index is 0.254. The molecule has 3 nitrogen and oxygen atoms in total. The van der Waals surface area contributed by atoms with E-state index in [0.717, 1.165) is 25.1 Å². The fourth-order valence-electron chi connectivity index (χ4n) is 4.50. The Kier molecular flexibility index (Phi) is 4.16. The van der Waals surface area contributed by atoms with Crippen LogP contribution in [0.3, 0.4) is 0 Å². The van der Waals surface area contributed by atoms with Crippen LogP contribution in [-0.4, -0.2) is 42.8 Å². The third kappa shape index (κ3) is 2.84. The Morgan fingerprint density at radius 1 is 1.26 bits per heavy atom. The van der Waals surface area contributed by atoms with E-state index in [2.05, 4.69) is 11.8 Å². The third-order valence-corrected chi connectivity index (χ3v) is 5.95. The van der Waals surface area contributed by atoms with E-state index in [1.807, 2.05) is 0 Å². The lowest BCUT2D eigenvalue weighted by Gasteiger charge is -2.46. The predicted octanol–water partition coefficient (Wildman–Crippen LogP) is 2.39. The first-order valence-electron chi connectivity index (χ1n) is 8.30. The molecule has 0 aromatic heterocycles. The van der Waals surface area contributed by atoms with Crippen molar-refractivity contribution in [1.29, 1.82) is 0 Å². The average Bonchev–Trinajstić information content (AvgIpc) is 2.87. The predicted molar refractivity (Wildman–Crippen MR) is 78.1 cm³/mol. The van der Waals surface area contributed by atoms with Crippen LogP contribution in [-0.2, 0) is 4.74 Å². The van der Waals surface area contributed by atoms with Crippen LogP contribution in [0, 0.1) is 11.8 Å². The minimum absolute atomic E-state index is 0.254. The molecule has 1 aliphatic carbocycles. The van der Waals surface area contributed by atoms with Gasteiger partial charge in [-0.15, -0.1) is 0 Å². The summed E-state index contributed by atoms with van der Waals surface area (Å²) in [4.78, 5) is 2.74. The van der Waals surface area contributed by atoms with Crippen LogP contribution in [0.25, 0.3) is 0 Å². The normalized spacial score (nSPS) is 39.8. The van der Waals surface area contributed by atoms with Gasteiger partial charge >= 0.3 is 0 Å². The van der Waals surface area contributed by atoms with Crippen LogP contribution in [0.4, 0.5) is 0 Å². The maximum absolute atomic E-state index is 6.17. The number of likely N-dealkylation sites (tertiary alicyclic amines) is 1. The van der Waals surface area contributed by atoms with Gasteiger partial charge in [-0.05, 0) is 57.0 Å². The Balaban J connectivity index is 1.62. The molecule has 0 bridgehead atoms. The Morgan fingerprint density at radius 3 is 2.79 bits per heavy atom. The SMILES string of the molecule is CC1CCN(C2CCOC3(CCCC3)C2)CC1CN. The van der Waals surface area contributed by atoms with Crippen molar-refractivity contribution in [1.82, 2.24) is 4.90 Å². The highest BCUT2D eigenvalue weighted by Crippen LogP contribution is 2.42. The number of nitrogens with zero attached hydrogens (tertiary/aromatic N) is 1. The van der Waals surface area contributed by atoms with Gasteiger partial charge < -0.3 is 10.5 Å². The van der Waals surface area contributed by atoms with Crippen molar-refractivity contribution >= 4 is 0 Å². The van der Waals surface area contributed by atoms with Crippen molar-refractivity contribution in [2.24, 2.45) is 17.6 Å². The monoisotopic (exact) mass is 266 g/mol. The van der Waals surface area contributed by atoms with E-state index in [0.29, 0.717) is 5.92 Å². The van der Waals surface area contributed by atoms with Crippen molar-refractivity contribution in [3.8, 4) is 0 Å². The minimum Gasteiger partial charge on any atom is -0.375 e. The molecule has 110 valence electrons. The molecular formula is C16H30N2O. The number of hydrogen-bond acceptors (Lipinski definition) is 3. The van der Waals surface area contributed by atoms with E-state index in [4.69, 9.17) is 10.5 Å². The summed E-state index contributed by atoms with van der Waals surface area (Å²) in [6.07, 6.45) is 9.17. The molecule has 0 amide bonds. The van der Waals surface area contributed by atoms with Crippen LogP contribution in [0.5, 0.6) is 0 Å². The maximum Gasteiger partial charge on any atom is 0.0697 e. The lowest BCUT2D eigenvalue weighted by Crippen LogP contribution is -2.52. The summed E-state index contributed by atoms with van der Waals surface area (Å²) >= 11 is 0. The lowest BCUT2D eigenvalue weighted by atomic mass is 9.83. The van der Waals surface area contributed by atoms with Gasteiger partial charge in [0.1, 0.15) is 0 Å². The van der Waals surface area contributed by atoms with Crippen molar-refractivity contribution in [2.45, 2.75) is 63.5 Å². The second-order valence-electron chi connectivity index (χ2n) is 7.14. The van der Waals surface area contributed by atoms with Crippen molar-refractivity contribution in [3.05, 3.63) is 0 Å². The molecule has 0 aromatic rings. The molecule has 1 spiro atoms. The number of nitrogens with two attached hydrogens (primary N) is 1. The number of piperidine rings is 1. The van der Waals surface area contributed by atoms with Gasteiger partial charge in [-0.3, -0.25) is 4.90 Å². The summed E-state index contributed by atoms with van der Waals surface area (Å²) in [6, 6.07) is 0.758. The Hall–Kier alpha value is -0.120. The van der Waals surface area contributed by atoms with Gasteiger partial charge in [-0.25, -0.2) is 0 Å². The Labute approximate surface area is 117 Å². The summed E-state index contributed by atoms with van der Waals surface area (Å²) in [7, 11) is 0. The van der Waals surface area contributed by atoms with Crippen LogP contribution >= 0.6 is 0 Å². The van der Waals surface area contributed by atoms with E-state index >= 15 is 0 Å². The Bertz CT molecular complexity index is 301. The van der Waals surface area contributed by atoms with Gasteiger partial charge in [-0.2, -0.15) is 0 Å². The summed E-state index contributed by atoms with van der Waals surface area (Å²) in [5.74, 6) is 1.51. The number of rotatable bonds is 2. The molecule has 2 heterocycles. The average molecular weight is 266 g/mol. The van der Waals surface area contributed by atoms with Crippen molar-refractivity contribution in [2.75, 3.05) is 26.2 Å². The molecule has 2 aliphatic heterocycles. The summed E-state index contributed by atoms with van der Waals surface area (Å²) in [5, 5.41) is 0. The topological polar surface area (TPSA) is 38.5 Å². The summed E-state index contributed by atoms with van der Waals surface area (Å²) < 4.78 is 6.17. The molecule has 3 heteroatoms. The van der Waals surface area contributed by atoms with Gasteiger partial charge in [0.05, 0.1) is 5.60 Å². The number of ether oxygens (including phenoxy) is 1. The molecule has 3 aliphatic rings. The van der Waals surface area contributed by atoms with E-state index in [1.54, 1.807) is 0 Å². The second-order valence-corrected chi connectivity index (χ2v) is 7.14. The fraction of sp³-hybridized carbons (Fsp3) is 1.00. The largest absolute Gasteiger partial charge is 0.375 e. The van der Waals surface area contributed by atoms with Gasteiger partial charge in [0.25, 0.3) is 0 Å². The molecule has 3 rings (SSSR count). The van der Waals surface area contributed by atoms with E-state index < -0.39 is 0 Å². The first kappa shape index (κ1) is 13.8. The van der Waals surface area contributed by atoms with Crippen LogP contribution in [0.15, 0.2) is 0 Å². The van der Waals surface area contributed by atoms with E-state index in [9.17, 15) is 0 Å². The fourth-order valence-corrected chi connectivity index (χ4v) is 4.50. The highest BCUT2D eigenvalue weighted by Gasteiger charge is 2.42. The molecule has 2 saturated heterocycles. The molecule has 3 fully saturated rings. The van der Waals surface area contributed by atoms with Gasteiger partial charge in [-0.1, -0.05) is 19.8 Å². The van der Waals surface area contributed by atoms with Gasteiger partial charge in [0, 0.05) is 19.2 Å².